The second-order valence-corrected chi connectivity index (χ2v) is 4.99. The highest BCUT2D eigenvalue weighted by Gasteiger charge is 2.08. The highest BCUT2D eigenvalue weighted by Crippen LogP contribution is 1.80. The number of carbonyl (C=O) groups excluding carboxylic acids is 2. The molecule has 0 aromatic rings. The van der Waals surface area contributed by atoms with E-state index in [0.29, 0.717) is 11.5 Å². The molecular formula is C9H16N2O6S. The summed E-state index contributed by atoms with van der Waals surface area (Å²) in [5.74, 6) is -1.13. The highest BCUT2D eigenvalue weighted by molar-refractivity contribution is 7.84. The number of imide groups is 1. The van der Waals surface area contributed by atoms with Gasteiger partial charge in [0.1, 0.15) is 13.2 Å². The quantitative estimate of drug-likeness (QED) is 0.507. The first-order valence-corrected chi connectivity index (χ1v) is 6.66. The predicted molar refractivity (Wildman–Crippen MR) is 63.5 cm³/mol. The number of urea groups is 1. The second-order valence-electron chi connectivity index (χ2n) is 3.12. The summed E-state index contributed by atoms with van der Waals surface area (Å²) in [6.45, 7) is 0.834. The fraction of sp³-hybridized carbons (Fsp3) is 0.667. The fourth-order valence-corrected chi connectivity index (χ4v) is 1.48. The SMILES string of the molecule is CCS(=O)CCNC(=O)NC(=O)COCC(=O)O. The van der Waals surface area contributed by atoms with E-state index in [-0.39, 0.29) is 6.54 Å². The molecule has 3 N–H and O–H groups in total. The van der Waals surface area contributed by atoms with Crippen molar-refractivity contribution in [2.24, 2.45) is 0 Å². The van der Waals surface area contributed by atoms with E-state index < -0.39 is 41.9 Å². The van der Waals surface area contributed by atoms with Crippen LogP contribution < -0.4 is 10.6 Å². The topological polar surface area (TPSA) is 122 Å². The summed E-state index contributed by atoms with van der Waals surface area (Å²) in [4.78, 5) is 32.2. The first-order valence-electron chi connectivity index (χ1n) is 5.18. The molecule has 0 radical (unpaired) electrons. The number of hydrogen-bond donors (Lipinski definition) is 3. The van der Waals surface area contributed by atoms with Gasteiger partial charge in [-0.2, -0.15) is 0 Å². The van der Waals surface area contributed by atoms with Gasteiger partial charge in [-0.05, 0) is 0 Å². The number of carboxylic acid groups (broad SMARTS) is 1. The molecule has 1 atom stereocenters. The fourth-order valence-electron chi connectivity index (χ4n) is 0.861. The summed E-state index contributed by atoms with van der Waals surface area (Å²) in [7, 11) is -0.984. The summed E-state index contributed by atoms with van der Waals surface area (Å²) < 4.78 is 15.5. The lowest BCUT2D eigenvalue weighted by Gasteiger charge is -2.06. The Labute approximate surface area is 107 Å². The number of hydrogen-bond acceptors (Lipinski definition) is 5. The van der Waals surface area contributed by atoms with Crippen molar-refractivity contribution in [1.29, 1.82) is 0 Å². The Bertz CT molecular complexity index is 333. The number of carbonyl (C=O) groups is 3. The van der Waals surface area contributed by atoms with Crippen LogP contribution in [-0.4, -0.2) is 58.5 Å². The van der Waals surface area contributed by atoms with Gasteiger partial charge in [0.05, 0.1) is 0 Å². The average molecular weight is 280 g/mol. The molecule has 0 saturated carbocycles. The van der Waals surface area contributed by atoms with Crippen LogP contribution in [0.3, 0.4) is 0 Å². The van der Waals surface area contributed by atoms with Gasteiger partial charge in [0.15, 0.2) is 0 Å². The lowest BCUT2D eigenvalue weighted by molar-refractivity contribution is -0.143. The molecule has 0 aromatic heterocycles. The monoisotopic (exact) mass is 280 g/mol. The number of ether oxygens (including phenoxy) is 1. The van der Waals surface area contributed by atoms with Gasteiger partial charge in [0.2, 0.25) is 0 Å². The van der Waals surface area contributed by atoms with Crippen LogP contribution in [0, 0.1) is 0 Å². The van der Waals surface area contributed by atoms with E-state index in [1.165, 1.54) is 0 Å². The Kier molecular flexibility index (Phi) is 8.76. The first-order chi connectivity index (χ1) is 8.45. The van der Waals surface area contributed by atoms with Gasteiger partial charge in [-0.25, -0.2) is 9.59 Å². The van der Waals surface area contributed by atoms with Crippen molar-refractivity contribution in [3.8, 4) is 0 Å². The number of amides is 3. The molecule has 9 heteroatoms. The van der Waals surface area contributed by atoms with Gasteiger partial charge >= 0.3 is 12.0 Å². The van der Waals surface area contributed by atoms with Gasteiger partial charge in [-0.1, -0.05) is 6.92 Å². The van der Waals surface area contributed by atoms with E-state index in [4.69, 9.17) is 5.11 Å². The van der Waals surface area contributed by atoms with Crippen molar-refractivity contribution in [3.05, 3.63) is 0 Å². The summed E-state index contributed by atoms with van der Waals surface area (Å²) in [5, 5.41) is 12.5. The van der Waals surface area contributed by atoms with E-state index in [0.717, 1.165) is 0 Å². The Morgan fingerprint density at radius 1 is 1.28 bits per heavy atom. The molecule has 0 aromatic carbocycles. The minimum atomic E-state index is -1.20. The average Bonchev–Trinajstić information content (AvgIpc) is 2.28. The van der Waals surface area contributed by atoms with Gasteiger partial charge in [0.25, 0.3) is 5.91 Å². The first kappa shape index (κ1) is 16.5. The lowest BCUT2D eigenvalue weighted by atomic mass is 10.6. The minimum absolute atomic E-state index is 0.190. The molecule has 0 aliphatic heterocycles. The molecule has 0 saturated heterocycles. The summed E-state index contributed by atoms with van der Waals surface area (Å²) in [5.41, 5.74) is 0. The number of rotatable bonds is 8. The van der Waals surface area contributed by atoms with Crippen molar-refractivity contribution < 1.29 is 28.4 Å². The zero-order valence-electron chi connectivity index (χ0n) is 9.93. The van der Waals surface area contributed by atoms with Crippen LogP contribution in [0.25, 0.3) is 0 Å². The number of aliphatic carboxylic acids is 1. The van der Waals surface area contributed by atoms with Crippen molar-refractivity contribution in [1.82, 2.24) is 10.6 Å². The molecule has 0 fully saturated rings. The van der Waals surface area contributed by atoms with Crippen LogP contribution >= 0.6 is 0 Å². The Balaban J connectivity index is 3.64. The smallest absolute Gasteiger partial charge is 0.329 e. The lowest BCUT2D eigenvalue weighted by Crippen LogP contribution is -2.42. The third-order valence-corrected chi connectivity index (χ3v) is 2.95. The van der Waals surface area contributed by atoms with Crippen LogP contribution in [0.15, 0.2) is 0 Å². The van der Waals surface area contributed by atoms with Crippen LogP contribution in [0.5, 0.6) is 0 Å². The summed E-state index contributed by atoms with van der Waals surface area (Å²) in [6, 6.07) is -0.730. The maximum Gasteiger partial charge on any atom is 0.329 e. The Hall–Kier alpha value is -1.48. The number of nitrogens with one attached hydrogen (secondary N) is 2. The Morgan fingerprint density at radius 2 is 1.94 bits per heavy atom. The van der Waals surface area contributed by atoms with E-state index in [2.05, 4.69) is 10.1 Å². The number of carboxylic acids is 1. The maximum atomic E-state index is 11.1. The molecule has 3 amide bonds. The van der Waals surface area contributed by atoms with Gasteiger partial charge < -0.3 is 15.2 Å². The van der Waals surface area contributed by atoms with Gasteiger partial charge in [-0.3, -0.25) is 14.3 Å². The van der Waals surface area contributed by atoms with E-state index >= 15 is 0 Å². The maximum absolute atomic E-state index is 11.1. The molecule has 0 rings (SSSR count). The Morgan fingerprint density at radius 3 is 2.50 bits per heavy atom. The second kappa shape index (κ2) is 9.54. The summed E-state index contributed by atoms with van der Waals surface area (Å²) >= 11 is 0. The molecular weight excluding hydrogens is 264 g/mol. The normalized spacial score (nSPS) is 11.6. The molecule has 0 bridgehead atoms. The standard InChI is InChI=1S/C9H16N2O6S/c1-2-18(16)4-3-10-9(15)11-7(12)5-17-6-8(13)14/h2-6H2,1H3,(H,13,14)(H2,10,11,12,15). The van der Waals surface area contributed by atoms with Crippen molar-refractivity contribution >= 4 is 28.7 Å². The molecule has 0 heterocycles. The minimum Gasteiger partial charge on any atom is -0.480 e. The third kappa shape index (κ3) is 9.73. The van der Waals surface area contributed by atoms with Crippen LogP contribution in [0.1, 0.15) is 6.92 Å². The third-order valence-electron chi connectivity index (χ3n) is 1.65. The molecule has 1 unspecified atom stereocenters. The van der Waals surface area contributed by atoms with E-state index in [1.54, 1.807) is 6.92 Å². The van der Waals surface area contributed by atoms with Gasteiger partial charge in [-0.15, -0.1) is 0 Å². The summed E-state index contributed by atoms with van der Waals surface area (Å²) in [6.07, 6.45) is 0. The molecule has 18 heavy (non-hydrogen) atoms. The van der Waals surface area contributed by atoms with E-state index in [9.17, 15) is 18.6 Å². The predicted octanol–water partition coefficient (Wildman–Crippen LogP) is -1.32. The zero-order valence-corrected chi connectivity index (χ0v) is 10.7. The van der Waals surface area contributed by atoms with Crippen molar-refractivity contribution in [2.45, 2.75) is 6.92 Å². The molecule has 0 aliphatic carbocycles. The molecule has 0 spiro atoms. The van der Waals surface area contributed by atoms with Crippen LogP contribution in [-0.2, 0) is 25.1 Å². The largest absolute Gasteiger partial charge is 0.480 e. The van der Waals surface area contributed by atoms with Crippen LogP contribution in [0.2, 0.25) is 0 Å². The molecule has 0 aliphatic rings. The molecule has 104 valence electrons. The molecule has 8 nitrogen and oxygen atoms in total. The van der Waals surface area contributed by atoms with Crippen molar-refractivity contribution in [3.63, 3.8) is 0 Å². The zero-order chi connectivity index (χ0) is 14.0. The van der Waals surface area contributed by atoms with E-state index in [1.807, 2.05) is 5.32 Å². The van der Waals surface area contributed by atoms with Gasteiger partial charge in [0, 0.05) is 28.9 Å². The van der Waals surface area contributed by atoms with Crippen LogP contribution in [0.4, 0.5) is 4.79 Å². The highest BCUT2D eigenvalue weighted by atomic mass is 32.2. The van der Waals surface area contributed by atoms with Crippen molar-refractivity contribution in [2.75, 3.05) is 31.3 Å².